The van der Waals surface area contributed by atoms with Crippen LogP contribution in [0.1, 0.15) is 32.8 Å². The Labute approximate surface area is 120 Å². The maximum atomic E-state index is 6.00. The van der Waals surface area contributed by atoms with E-state index in [0.29, 0.717) is 17.6 Å². The molecule has 104 valence electrons. The van der Waals surface area contributed by atoms with Crippen LogP contribution in [0.2, 0.25) is 5.02 Å². The highest BCUT2D eigenvalue weighted by atomic mass is 35.5. The fourth-order valence-corrected chi connectivity index (χ4v) is 3.44. The van der Waals surface area contributed by atoms with Gasteiger partial charge in [0.15, 0.2) is 0 Å². The largest absolute Gasteiger partial charge is 0.295 e. The van der Waals surface area contributed by atoms with Crippen LogP contribution in [0.5, 0.6) is 0 Å². The van der Waals surface area contributed by atoms with E-state index in [1.54, 1.807) is 6.20 Å². The monoisotopic (exact) mass is 279 g/mol. The molecule has 1 aromatic rings. The number of piperazine rings is 1. The van der Waals surface area contributed by atoms with Crippen molar-refractivity contribution in [2.75, 3.05) is 13.1 Å². The number of rotatable bonds is 2. The summed E-state index contributed by atoms with van der Waals surface area (Å²) in [5.41, 5.74) is 1.52. The van der Waals surface area contributed by atoms with Gasteiger partial charge in [-0.3, -0.25) is 14.8 Å². The van der Waals surface area contributed by atoms with E-state index in [4.69, 9.17) is 11.6 Å². The van der Waals surface area contributed by atoms with Gasteiger partial charge in [0.05, 0.1) is 5.02 Å². The highest BCUT2D eigenvalue weighted by Gasteiger charge is 2.46. The zero-order chi connectivity index (χ0) is 13.6. The third kappa shape index (κ3) is 2.64. The van der Waals surface area contributed by atoms with Crippen LogP contribution >= 0.6 is 11.6 Å². The van der Waals surface area contributed by atoms with E-state index in [-0.39, 0.29) is 0 Å². The Balaban J connectivity index is 1.64. The summed E-state index contributed by atoms with van der Waals surface area (Å²) < 4.78 is 0. The van der Waals surface area contributed by atoms with Crippen molar-refractivity contribution in [3.05, 3.63) is 29.0 Å². The van der Waals surface area contributed by atoms with E-state index in [1.807, 2.05) is 12.3 Å². The molecule has 4 heterocycles. The number of nitrogens with zero attached hydrogens (tertiary/aromatic N) is 3. The Hall–Kier alpha value is -0.640. The van der Waals surface area contributed by atoms with Crippen molar-refractivity contribution in [2.45, 2.75) is 51.4 Å². The van der Waals surface area contributed by atoms with Gasteiger partial charge in [-0.1, -0.05) is 11.6 Å². The molecule has 3 aliphatic rings. The summed E-state index contributed by atoms with van der Waals surface area (Å²) in [5.74, 6) is 0. The van der Waals surface area contributed by atoms with Gasteiger partial charge in [0, 0.05) is 49.7 Å². The Morgan fingerprint density at radius 1 is 1.26 bits per heavy atom. The molecule has 3 saturated heterocycles. The molecule has 2 atom stereocenters. The van der Waals surface area contributed by atoms with Gasteiger partial charge >= 0.3 is 0 Å². The van der Waals surface area contributed by atoms with E-state index in [0.717, 1.165) is 11.6 Å². The number of pyridine rings is 1. The lowest BCUT2D eigenvalue weighted by molar-refractivity contribution is -0.0997. The fraction of sp³-hybridized carbons (Fsp3) is 0.667. The van der Waals surface area contributed by atoms with Crippen LogP contribution in [-0.2, 0) is 6.54 Å². The smallest absolute Gasteiger partial charge is 0.0592 e. The zero-order valence-corrected chi connectivity index (χ0v) is 12.7. The maximum Gasteiger partial charge on any atom is 0.0592 e. The first-order chi connectivity index (χ1) is 8.93. The minimum atomic E-state index is 0.292. The summed E-state index contributed by atoms with van der Waals surface area (Å²) in [6.45, 7) is 10.3. The number of piperidine rings is 1. The fourth-order valence-electron chi connectivity index (χ4n) is 3.25. The number of hydrogen-bond acceptors (Lipinski definition) is 3. The second-order valence-electron chi connectivity index (χ2n) is 6.80. The molecule has 2 unspecified atom stereocenters. The summed E-state index contributed by atoms with van der Waals surface area (Å²) >= 11 is 6.00. The molecule has 3 aliphatic heterocycles. The van der Waals surface area contributed by atoms with Gasteiger partial charge < -0.3 is 0 Å². The molecule has 0 aliphatic carbocycles. The van der Waals surface area contributed by atoms with Crippen LogP contribution in [0.3, 0.4) is 0 Å². The van der Waals surface area contributed by atoms with Crippen molar-refractivity contribution in [1.82, 2.24) is 14.8 Å². The molecule has 0 N–H and O–H groups in total. The Morgan fingerprint density at radius 3 is 2.53 bits per heavy atom. The quantitative estimate of drug-likeness (QED) is 0.830. The minimum Gasteiger partial charge on any atom is -0.295 e. The van der Waals surface area contributed by atoms with Crippen molar-refractivity contribution in [2.24, 2.45) is 0 Å². The van der Waals surface area contributed by atoms with E-state index < -0.39 is 0 Å². The minimum absolute atomic E-state index is 0.292. The molecular formula is C15H22ClN3. The molecular weight excluding hydrogens is 258 g/mol. The lowest BCUT2D eigenvalue weighted by Gasteiger charge is -2.59. The first-order valence-corrected chi connectivity index (χ1v) is 7.41. The third-order valence-corrected chi connectivity index (χ3v) is 4.63. The predicted octanol–water partition coefficient (Wildman–Crippen LogP) is 2.79. The Bertz CT molecular complexity index is 457. The average molecular weight is 280 g/mol. The van der Waals surface area contributed by atoms with Crippen LogP contribution in [-0.4, -0.2) is 45.5 Å². The Morgan fingerprint density at radius 2 is 1.95 bits per heavy atom. The predicted molar refractivity (Wildman–Crippen MR) is 78.3 cm³/mol. The molecule has 19 heavy (non-hydrogen) atoms. The highest BCUT2D eigenvalue weighted by molar-refractivity contribution is 6.30. The van der Waals surface area contributed by atoms with Gasteiger partial charge in [0.25, 0.3) is 0 Å². The van der Waals surface area contributed by atoms with E-state index in [2.05, 4.69) is 35.6 Å². The standard InChI is InChI=1S/C15H22ClN3/c1-15(2,3)18-9-13-5-14(10-18)19(13)8-11-4-12(16)7-17-6-11/h4,6-7,13-14H,5,8-10H2,1-3H3. The molecule has 0 aromatic carbocycles. The van der Waals surface area contributed by atoms with Crippen molar-refractivity contribution >= 4 is 11.6 Å². The summed E-state index contributed by atoms with van der Waals surface area (Å²) in [6.07, 6.45) is 4.98. The third-order valence-electron chi connectivity index (χ3n) is 4.42. The number of halogens is 1. The summed E-state index contributed by atoms with van der Waals surface area (Å²) in [5, 5.41) is 0.736. The zero-order valence-electron chi connectivity index (χ0n) is 11.9. The molecule has 4 rings (SSSR count). The molecule has 0 saturated carbocycles. The molecule has 1 aromatic heterocycles. The second-order valence-corrected chi connectivity index (χ2v) is 7.24. The number of fused-ring (bicyclic) bond motifs is 2. The molecule has 0 amide bonds. The van der Waals surface area contributed by atoms with E-state index >= 15 is 0 Å². The van der Waals surface area contributed by atoms with Crippen LogP contribution in [0.25, 0.3) is 0 Å². The van der Waals surface area contributed by atoms with Crippen molar-refractivity contribution in [3.8, 4) is 0 Å². The van der Waals surface area contributed by atoms with Crippen LogP contribution in [0.15, 0.2) is 18.5 Å². The van der Waals surface area contributed by atoms with Gasteiger partial charge in [-0.25, -0.2) is 0 Å². The summed E-state index contributed by atoms with van der Waals surface area (Å²) in [4.78, 5) is 9.39. The van der Waals surface area contributed by atoms with Crippen molar-refractivity contribution in [3.63, 3.8) is 0 Å². The van der Waals surface area contributed by atoms with E-state index in [1.165, 1.54) is 25.1 Å². The lowest BCUT2D eigenvalue weighted by atomic mass is 9.84. The van der Waals surface area contributed by atoms with Crippen molar-refractivity contribution < 1.29 is 0 Å². The topological polar surface area (TPSA) is 19.4 Å². The first-order valence-electron chi connectivity index (χ1n) is 7.04. The summed E-state index contributed by atoms with van der Waals surface area (Å²) in [6, 6.07) is 3.44. The highest BCUT2D eigenvalue weighted by Crippen LogP contribution is 2.36. The molecule has 3 nitrogen and oxygen atoms in total. The molecule has 3 fully saturated rings. The average Bonchev–Trinajstić information content (AvgIpc) is 2.35. The van der Waals surface area contributed by atoms with Gasteiger partial charge in [0.1, 0.15) is 0 Å². The number of hydrogen-bond donors (Lipinski definition) is 0. The SMILES string of the molecule is CC(C)(C)N1CC2CC(C1)N2Cc1cncc(Cl)c1. The van der Waals surface area contributed by atoms with Gasteiger partial charge in [0.2, 0.25) is 0 Å². The number of aromatic nitrogens is 1. The van der Waals surface area contributed by atoms with Crippen LogP contribution < -0.4 is 0 Å². The van der Waals surface area contributed by atoms with Gasteiger partial charge in [-0.15, -0.1) is 0 Å². The van der Waals surface area contributed by atoms with Crippen LogP contribution in [0.4, 0.5) is 0 Å². The van der Waals surface area contributed by atoms with Gasteiger partial charge in [-0.05, 0) is 38.8 Å². The maximum absolute atomic E-state index is 6.00. The first kappa shape index (κ1) is 13.3. The molecule has 0 spiro atoms. The van der Waals surface area contributed by atoms with Gasteiger partial charge in [-0.2, -0.15) is 0 Å². The normalized spacial score (nSPS) is 28.2. The lowest BCUT2D eigenvalue weighted by Crippen LogP contribution is -2.70. The molecule has 4 heteroatoms. The Kier molecular flexibility index (Phi) is 3.32. The second kappa shape index (κ2) is 4.72. The molecule has 2 bridgehead atoms. The summed E-state index contributed by atoms with van der Waals surface area (Å²) in [7, 11) is 0. The van der Waals surface area contributed by atoms with Crippen molar-refractivity contribution in [1.29, 1.82) is 0 Å². The molecule has 0 radical (unpaired) electrons. The van der Waals surface area contributed by atoms with Crippen LogP contribution in [0, 0.1) is 0 Å². The van der Waals surface area contributed by atoms with E-state index in [9.17, 15) is 0 Å².